The summed E-state index contributed by atoms with van der Waals surface area (Å²) < 4.78 is 5.37. The normalized spacial score (nSPS) is 12.9. The Balaban J connectivity index is 2.66. The fourth-order valence-corrected chi connectivity index (χ4v) is 1.42. The Morgan fingerprint density at radius 3 is 3.06 bits per heavy atom. The first kappa shape index (κ1) is 13.2. The van der Waals surface area contributed by atoms with Crippen LogP contribution in [0.5, 0.6) is 5.75 Å². The van der Waals surface area contributed by atoms with Gasteiger partial charge >= 0.3 is 0 Å². The molecule has 1 aromatic rings. The summed E-state index contributed by atoms with van der Waals surface area (Å²) in [5.74, 6) is 0.727. The van der Waals surface area contributed by atoms with Crippen LogP contribution in [0.25, 0.3) is 0 Å². The highest BCUT2D eigenvalue weighted by molar-refractivity contribution is 9.09. The molecule has 1 unspecified atom stereocenters. The minimum atomic E-state index is -0.506. The summed E-state index contributed by atoms with van der Waals surface area (Å²) in [7, 11) is 1.81. The van der Waals surface area contributed by atoms with Crippen molar-refractivity contribution in [3.63, 3.8) is 0 Å². The molecule has 88 valence electrons. The second kappa shape index (κ2) is 7.44. The standard InChI is InChI=1S/C12H16BrNO2/c1-14-9-12(15)10-4-2-5-11(8-10)16-7-3-6-13/h2-5,7-8,12,14-15H,6,9H2,1H3. The number of rotatable bonds is 6. The fraction of sp³-hybridized carbons (Fsp3) is 0.333. The number of halogens is 1. The lowest BCUT2D eigenvalue weighted by atomic mass is 10.1. The Bertz CT molecular complexity index is 342. The van der Waals surface area contributed by atoms with Crippen molar-refractivity contribution in [2.45, 2.75) is 6.10 Å². The van der Waals surface area contributed by atoms with Crippen LogP contribution in [0.4, 0.5) is 0 Å². The first-order valence-corrected chi connectivity index (χ1v) is 6.20. The van der Waals surface area contributed by atoms with Crippen LogP contribution in [0.15, 0.2) is 36.6 Å². The summed E-state index contributed by atoms with van der Waals surface area (Å²) in [6.45, 7) is 0.528. The van der Waals surface area contributed by atoms with Crippen LogP contribution in [0, 0.1) is 0 Å². The van der Waals surface area contributed by atoms with Gasteiger partial charge in [-0.2, -0.15) is 0 Å². The molecule has 0 aliphatic carbocycles. The second-order valence-electron chi connectivity index (χ2n) is 3.29. The first-order valence-electron chi connectivity index (χ1n) is 5.08. The Kier molecular flexibility index (Phi) is 6.15. The number of aliphatic hydroxyl groups is 1. The van der Waals surface area contributed by atoms with E-state index in [1.54, 1.807) is 6.26 Å². The molecule has 1 aromatic carbocycles. The van der Waals surface area contributed by atoms with Crippen molar-refractivity contribution in [3.8, 4) is 5.75 Å². The van der Waals surface area contributed by atoms with E-state index in [9.17, 15) is 5.11 Å². The Morgan fingerprint density at radius 1 is 1.56 bits per heavy atom. The lowest BCUT2D eigenvalue weighted by molar-refractivity contribution is 0.177. The zero-order chi connectivity index (χ0) is 11.8. The van der Waals surface area contributed by atoms with Crippen LogP contribution in [0.1, 0.15) is 11.7 Å². The summed E-state index contributed by atoms with van der Waals surface area (Å²) in [5, 5.41) is 13.5. The van der Waals surface area contributed by atoms with Crippen LogP contribution < -0.4 is 10.1 Å². The van der Waals surface area contributed by atoms with E-state index in [-0.39, 0.29) is 0 Å². The number of ether oxygens (including phenoxy) is 1. The van der Waals surface area contributed by atoms with Gasteiger partial charge in [0, 0.05) is 11.9 Å². The smallest absolute Gasteiger partial charge is 0.126 e. The maximum absolute atomic E-state index is 9.77. The summed E-state index contributed by atoms with van der Waals surface area (Å²) in [5.41, 5.74) is 0.846. The Morgan fingerprint density at radius 2 is 2.38 bits per heavy atom. The zero-order valence-electron chi connectivity index (χ0n) is 9.19. The summed E-state index contributed by atoms with van der Waals surface area (Å²) in [6.07, 6.45) is 2.98. The summed E-state index contributed by atoms with van der Waals surface area (Å²) in [4.78, 5) is 0. The van der Waals surface area contributed by atoms with E-state index in [1.165, 1.54) is 0 Å². The molecule has 4 heteroatoms. The number of likely N-dealkylation sites (N-methyl/N-ethyl adjacent to an activating group) is 1. The van der Waals surface area contributed by atoms with Gasteiger partial charge in [0.25, 0.3) is 0 Å². The van der Waals surface area contributed by atoms with Crippen LogP contribution in [-0.2, 0) is 0 Å². The molecule has 0 spiro atoms. The number of hydrogen-bond acceptors (Lipinski definition) is 3. The molecule has 0 radical (unpaired) electrons. The first-order chi connectivity index (χ1) is 7.77. The average molecular weight is 286 g/mol. The highest BCUT2D eigenvalue weighted by Gasteiger charge is 2.06. The van der Waals surface area contributed by atoms with Crippen molar-refractivity contribution >= 4 is 15.9 Å². The van der Waals surface area contributed by atoms with E-state index in [4.69, 9.17) is 4.74 Å². The van der Waals surface area contributed by atoms with E-state index < -0.39 is 6.10 Å². The molecule has 1 rings (SSSR count). The van der Waals surface area contributed by atoms with Crippen molar-refractivity contribution in [1.29, 1.82) is 0 Å². The third-order valence-corrected chi connectivity index (χ3v) is 2.40. The predicted octanol–water partition coefficient (Wildman–Crippen LogP) is 2.23. The lowest BCUT2D eigenvalue weighted by Crippen LogP contribution is -2.16. The molecule has 0 aromatic heterocycles. The van der Waals surface area contributed by atoms with Crippen molar-refractivity contribution in [1.82, 2.24) is 5.32 Å². The number of nitrogens with one attached hydrogen (secondary N) is 1. The number of aliphatic hydroxyl groups excluding tert-OH is 1. The average Bonchev–Trinajstić information content (AvgIpc) is 2.30. The number of allylic oxidation sites excluding steroid dienone is 1. The molecule has 0 saturated heterocycles. The molecule has 3 nitrogen and oxygen atoms in total. The van der Waals surface area contributed by atoms with E-state index >= 15 is 0 Å². The second-order valence-corrected chi connectivity index (χ2v) is 3.94. The largest absolute Gasteiger partial charge is 0.465 e. The Hall–Kier alpha value is -0.840. The summed E-state index contributed by atoms with van der Waals surface area (Å²) in [6, 6.07) is 7.43. The van der Waals surface area contributed by atoms with E-state index in [0.717, 1.165) is 16.6 Å². The number of hydrogen-bond donors (Lipinski definition) is 2. The van der Waals surface area contributed by atoms with Gasteiger partial charge in [-0.15, -0.1) is 0 Å². The van der Waals surface area contributed by atoms with Crippen molar-refractivity contribution < 1.29 is 9.84 Å². The SMILES string of the molecule is CNCC(O)c1cccc(OC=CCBr)c1. The van der Waals surface area contributed by atoms with Gasteiger partial charge in [-0.25, -0.2) is 0 Å². The molecule has 0 heterocycles. The van der Waals surface area contributed by atoms with Gasteiger partial charge in [-0.1, -0.05) is 28.1 Å². The van der Waals surface area contributed by atoms with E-state index in [0.29, 0.717) is 6.54 Å². The van der Waals surface area contributed by atoms with Gasteiger partial charge in [0.2, 0.25) is 0 Å². The zero-order valence-corrected chi connectivity index (χ0v) is 10.8. The van der Waals surface area contributed by atoms with E-state index in [2.05, 4.69) is 21.2 Å². The van der Waals surface area contributed by atoms with Gasteiger partial charge < -0.3 is 15.2 Å². The molecule has 0 aliphatic heterocycles. The predicted molar refractivity (Wildman–Crippen MR) is 68.9 cm³/mol. The van der Waals surface area contributed by atoms with Gasteiger partial charge in [0.1, 0.15) is 5.75 Å². The van der Waals surface area contributed by atoms with Gasteiger partial charge in [-0.05, 0) is 30.8 Å². The molecule has 0 aliphatic rings. The molecule has 2 N–H and O–H groups in total. The van der Waals surface area contributed by atoms with Gasteiger partial charge in [0.15, 0.2) is 0 Å². The number of benzene rings is 1. The fourth-order valence-electron chi connectivity index (χ4n) is 1.27. The third-order valence-electron chi connectivity index (χ3n) is 2.03. The third kappa shape index (κ3) is 4.35. The lowest BCUT2D eigenvalue weighted by Gasteiger charge is -2.11. The van der Waals surface area contributed by atoms with Crippen LogP contribution in [0.2, 0.25) is 0 Å². The molecule has 16 heavy (non-hydrogen) atoms. The highest BCUT2D eigenvalue weighted by Crippen LogP contribution is 2.19. The molecule has 0 amide bonds. The molecule has 0 saturated carbocycles. The molecule has 1 atom stereocenters. The minimum Gasteiger partial charge on any atom is -0.465 e. The quantitative estimate of drug-likeness (QED) is 0.622. The van der Waals surface area contributed by atoms with Crippen molar-refractivity contribution in [3.05, 3.63) is 42.2 Å². The minimum absolute atomic E-state index is 0.506. The number of alkyl halides is 1. The van der Waals surface area contributed by atoms with Crippen LogP contribution in [-0.4, -0.2) is 24.0 Å². The molecular formula is C12H16BrNO2. The summed E-state index contributed by atoms with van der Waals surface area (Å²) >= 11 is 3.27. The topological polar surface area (TPSA) is 41.5 Å². The maximum Gasteiger partial charge on any atom is 0.126 e. The molecular weight excluding hydrogens is 270 g/mol. The van der Waals surface area contributed by atoms with Crippen LogP contribution in [0.3, 0.4) is 0 Å². The van der Waals surface area contributed by atoms with Gasteiger partial charge in [-0.3, -0.25) is 0 Å². The molecule has 0 fully saturated rings. The molecule has 0 bridgehead atoms. The van der Waals surface area contributed by atoms with E-state index in [1.807, 2.05) is 37.4 Å². The van der Waals surface area contributed by atoms with Gasteiger partial charge in [0.05, 0.1) is 12.4 Å². The maximum atomic E-state index is 9.77. The van der Waals surface area contributed by atoms with Crippen LogP contribution >= 0.6 is 15.9 Å². The monoisotopic (exact) mass is 285 g/mol. The Labute approximate surface area is 104 Å². The highest BCUT2D eigenvalue weighted by atomic mass is 79.9. The van der Waals surface area contributed by atoms with Crippen molar-refractivity contribution in [2.24, 2.45) is 0 Å². The van der Waals surface area contributed by atoms with Crippen molar-refractivity contribution in [2.75, 3.05) is 18.9 Å².